The summed E-state index contributed by atoms with van der Waals surface area (Å²) in [5.74, 6) is 2.53. The summed E-state index contributed by atoms with van der Waals surface area (Å²) in [6.07, 6.45) is 9.51. The first kappa shape index (κ1) is 14.0. The fraction of sp³-hybridized carbons (Fsp3) is 0.353. The summed E-state index contributed by atoms with van der Waals surface area (Å²) in [5, 5.41) is 4.18. The molecule has 0 unspecified atom stereocenters. The average molecular weight is 309 g/mol. The molecule has 4 heterocycles. The molecule has 0 radical (unpaired) electrons. The van der Waals surface area contributed by atoms with Crippen molar-refractivity contribution in [1.29, 1.82) is 0 Å². The number of aromatic nitrogens is 4. The largest absolute Gasteiger partial charge is 0.493 e. The number of pyridine rings is 1. The lowest BCUT2D eigenvalue weighted by Crippen LogP contribution is -2.36. The standard InChI is InChI=1S/C17H19N5O/c1-7-18-8-2-15(1)23-13-14-4-10-21(11-5-14)16-6-12-22-17(20-16)3-9-19-22/h1-3,6-9,12,14H,4-5,10-11,13H2. The van der Waals surface area contributed by atoms with Crippen LogP contribution in [-0.4, -0.2) is 39.3 Å². The van der Waals surface area contributed by atoms with Crippen LogP contribution in [-0.2, 0) is 0 Å². The van der Waals surface area contributed by atoms with Crippen molar-refractivity contribution >= 4 is 11.5 Å². The van der Waals surface area contributed by atoms with Gasteiger partial charge >= 0.3 is 0 Å². The lowest BCUT2D eigenvalue weighted by Gasteiger charge is -2.32. The monoisotopic (exact) mass is 309 g/mol. The smallest absolute Gasteiger partial charge is 0.157 e. The number of fused-ring (bicyclic) bond motifs is 1. The van der Waals surface area contributed by atoms with E-state index in [9.17, 15) is 0 Å². The number of rotatable bonds is 4. The number of ether oxygens (including phenoxy) is 1. The van der Waals surface area contributed by atoms with Gasteiger partial charge in [0.25, 0.3) is 0 Å². The molecule has 0 spiro atoms. The number of hydrogen-bond donors (Lipinski definition) is 0. The summed E-state index contributed by atoms with van der Waals surface area (Å²) in [7, 11) is 0. The van der Waals surface area contributed by atoms with Gasteiger partial charge in [0, 0.05) is 37.7 Å². The highest BCUT2D eigenvalue weighted by molar-refractivity contribution is 5.47. The van der Waals surface area contributed by atoms with Gasteiger partial charge in [-0.2, -0.15) is 5.10 Å². The molecule has 0 saturated carbocycles. The Morgan fingerprint density at radius 1 is 1.04 bits per heavy atom. The topological polar surface area (TPSA) is 55.6 Å². The Morgan fingerprint density at radius 2 is 1.87 bits per heavy atom. The molecule has 3 aromatic heterocycles. The van der Waals surface area contributed by atoms with E-state index in [1.54, 1.807) is 23.1 Å². The molecule has 23 heavy (non-hydrogen) atoms. The van der Waals surface area contributed by atoms with E-state index in [-0.39, 0.29) is 0 Å². The molecule has 1 aliphatic heterocycles. The third-order valence-corrected chi connectivity index (χ3v) is 4.32. The molecule has 1 aliphatic rings. The maximum atomic E-state index is 5.85. The lowest BCUT2D eigenvalue weighted by molar-refractivity contribution is 0.222. The summed E-state index contributed by atoms with van der Waals surface area (Å²) in [4.78, 5) is 11.0. The number of nitrogens with zero attached hydrogens (tertiary/aromatic N) is 5. The van der Waals surface area contributed by atoms with Crippen molar-refractivity contribution in [2.24, 2.45) is 5.92 Å². The molecule has 3 aromatic rings. The number of piperidine rings is 1. The molecule has 0 aromatic carbocycles. The first-order valence-corrected chi connectivity index (χ1v) is 7.97. The van der Waals surface area contributed by atoms with Gasteiger partial charge in [-0.25, -0.2) is 9.50 Å². The van der Waals surface area contributed by atoms with Gasteiger partial charge in [-0.05, 0) is 37.0 Å². The maximum absolute atomic E-state index is 5.85. The van der Waals surface area contributed by atoms with Crippen LogP contribution >= 0.6 is 0 Å². The summed E-state index contributed by atoms with van der Waals surface area (Å²) in [5.41, 5.74) is 0.894. The number of anilines is 1. The first-order valence-electron chi connectivity index (χ1n) is 7.97. The summed E-state index contributed by atoms with van der Waals surface area (Å²) in [6, 6.07) is 7.77. The highest BCUT2D eigenvalue weighted by atomic mass is 16.5. The van der Waals surface area contributed by atoms with Crippen LogP contribution in [0.15, 0.2) is 49.1 Å². The highest BCUT2D eigenvalue weighted by Crippen LogP contribution is 2.23. The van der Waals surface area contributed by atoms with Gasteiger partial charge in [-0.1, -0.05) is 0 Å². The van der Waals surface area contributed by atoms with Crippen molar-refractivity contribution in [3.63, 3.8) is 0 Å². The van der Waals surface area contributed by atoms with Crippen LogP contribution in [0, 0.1) is 5.92 Å². The number of hydrogen-bond acceptors (Lipinski definition) is 5. The fourth-order valence-electron chi connectivity index (χ4n) is 2.96. The quantitative estimate of drug-likeness (QED) is 0.741. The molecule has 6 nitrogen and oxygen atoms in total. The zero-order chi connectivity index (χ0) is 15.5. The minimum atomic E-state index is 0.595. The zero-order valence-electron chi connectivity index (χ0n) is 12.9. The van der Waals surface area contributed by atoms with E-state index in [2.05, 4.69) is 20.0 Å². The van der Waals surface area contributed by atoms with Crippen molar-refractivity contribution in [3.05, 3.63) is 49.1 Å². The second-order valence-electron chi connectivity index (χ2n) is 5.84. The maximum Gasteiger partial charge on any atom is 0.157 e. The van der Waals surface area contributed by atoms with Crippen LogP contribution in [0.1, 0.15) is 12.8 Å². The van der Waals surface area contributed by atoms with Crippen LogP contribution in [0.5, 0.6) is 5.75 Å². The highest BCUT2D eigenvalue weighted by Gasteiger charge is 2.21. The Labute approximate surface area is 134 Å². The molecular formula is C17H19N5O. The third kappa shape index (κ3) is 3.11. The molecule has 6 heteroatoms. The fourth-order valence-corrected chi connectivity index (χ4v) is 2.96. The van der Waals surface area contributed by atoms with E-state index in [1.807, 2.05) is 30.5 Å². The minimum Gasteiger partial charge on any atom is -0.493 e. The predicted octanol–water partition coefficient (Wildman–Crippen LogP) is 2.42. The molecular weight excluding hydrogens is 290 g/mol. The second-order valence-corrected chi connectivity index (χ2v) is 5.84. The van der Waals surface area contributed by atoms with E-state index in [1.165, 1.54) is 0 Å². The summed E-state index contributed by atoms with van der Waals surface area (Å²) >= 11 is 0. The van der Waals surface area contributed by atoms with E-state index >= 15 is 0 Å². The van der Waals surface area contributed by atoms with Gasteiger partial charge in [-0.3, -0.25) is 4.98 Å². The second kappa shape index (κ2) is 6.24. The molecule has 0 atom stereocenters. The van der Waals surface area contributed by atoms with E-state index < -0.39 is 0 Å². The molecule has 0 N–H and O–H groups in total. The van der Waals surface area contributed by atoms with Crippen LogP contribution in [0.4, 0.5) is 5.82 Å². The molecule has 4 rings (SSSR count). The van der Waals surface area contributed by atoms with Crippen molar-refractivity contribution in [1.82, 2.24) is 19.6 Å². The Balaban J connectivity index is 1.33. The Morgan fingerprint density at radius 3 is 2.70 bits per heavy atom. The predicted molar refractivity (Wildman–Crippen MR) is 87.7 cm³/mol. The normalized spacial score (nSPS) is 15.9. The van der Waals surface area contributed by atoms with Gasteiger partial charge in [0.15, 0.2) is 5.65 Å². The Bertz CT molecular complexity index is 765. The van der Waals surface area contributed by atoms with Crippen LogP contribution in [0.3, 0.4) is 0 Å². The van der Waals surface area contributed by atoms with Crippen molar-refractivity contribution < 1.29 is 4.74 Å². The van der Waals surface area contributed by atoms with Gasteiger partial charge in [0.2, 0.25) is 0 Å². The Hall–Kier alpha value is -2.63. The van der Waals surface area contributed by atoms with Crippen molar-refractivity contribution in [2.45, 2.75) is 12.8 Å². The molecule has 0 aliphatic carbocycles. The molecule has 1 fully saturated rings. The molecule has 118 valence electrons. The lowest BCUT2D eigenvalue weighted by atomic mass is 9.98. The van der Waals surface area contributed by atoms with E-state index in [0.717, 1.165) is 49.8 Å². The van der Waals surface area contributed by atoms with Crippen LogP contribution in [0.2, 0.25) is 0 Å². The summed E-state index contributed by atoms with van der Waals surface area (Å²) < 4.78 is 7.64. The van der Waals surface area contributed by atoms with Crippen LogP contribution in [0.25, 0.3) is 5.65 Å². The van der Waals surface area contributed by atoms with Gasteiger partial charge in [-0.15, -0.1) is 0 Å². The van der Waals surface area contributed by atoms with E-state index in [4.69, 9.17) is 4.74 Å². The first-order chi connectivity index (χ1) is 11.4. The molecule has 0 amide bonds. The molecule has 0 bridgehead atoms. The van der Waals surface area contributed by atoms with Gasteiger partial charge in [0.05, 0.1) is 12.8 Å². The Kier molecular flexibility index (Phi) is 3.80. The van der Waals surface area contributed by atoms with E-state index in [0.29, 0.717) is 5.92 Å². The van der Waals surface area contributed by atoms with Crippen molar-refractivity contribution in [2.75, 3.05) is 24.6 Å². The van der Waals surface area contributed by atoms with Gasteiger partial charge < -0.3 is 9.64 Å². The zero-order valence-corrected chi connectivity index (χ0v) is 12.9. The van der Waals surface area contributed by atoms with Gasteiger partial charge in [0.1, 0.15) is 11.6 Å². The minimum absolute atomic E-state index is 0.595. The third-order valence-electron chi connectivity index (χ3n) is 4.32. The molecule has 1 saturated heterocycles. The average Bonchev–Trinajstić information content (AvgIpc) is 3.09. The summed E-state index contributed by atoms with van der Waals surface area (Å²) in [6.45, 7) is 2.80. The van der Waals surface area contributed by atoms with Crippen molar-refractivity contribution in [3.8, 4) is 5.75 Å². The van der Waals surface area contributed by atoms with Crippen LogP contribution < -0.4 is 9.64 Å². The SMILES string of the molecule is c1cc(OCC2CCN(c3ccn4nccc4n3)CC2)ccn1.